The van der Waals surface area contributed by atoms with Crippen LogP contribution in [0.3, 0.4) is 0 Å². The van der Waals surface area contributed by atoms with E-state index in [-0.39, 0.29) is 32.7 Å². The summed E-state index contributed by atoms with van der Waals surface area (Å²) >= 11 is 0. The van der Waals surface area contributed by atoms with E-state index in [0.29, 0.717) is 0 Å². The zero-order valence-electron chi connectivity index (χ0n) is 17.3. The summed E-state index contributed by atoms with van der Waals surface area (Å²) in [5.41, 5.74) is 6.25. The first kappa shape index (κ1) is 20.2. The molecule has 0 aliphatic carbocycles. The molecule has 0 aliphatic heterocycles. The molecule has 4 heteroatoms. The van der Waals surface area contributed by atoms with E-state index in [2.05, 4.69) is 49.5 Å². The van der Waals surface area contributed by atoms with Crippen LogP contribution >= 0.6 is 0 Å². The van der Waals surface area contributed by atoms with Gasteiger partial charge in [0.1, 0.15) is 12.6 Å². The average molecular weight is 477 g/mol. The van der Waals surface area contributed by atoms with Gasteiger partial charge in [0.15, 0.2) is 17.4 Å². The van der Waals surface area contributed by atoms with E-state index in [1.165, 1.54) is 0 Å². The predicted molar refractivity (Wildman–Crippen MR) is 121 cm³/mol. The Labute approximate surface area is 204 Å². The molecule has 0 unspecified atom stereocenters. The summed E-state index contributed by atoms with van der Waals surface area (Å²) in [7, 11) is 1.98. The second kappa shape index (κ2) is 7.74. The number of hydrogen-bond donors (Lipinski definition) is 0. The van der Waals surface area contributed by atoms with Crippen molar-refractivity contribution in [3.63, 3.8) is 0 Å². The van der Waals surface area contributed by atoms with E-state index in [1.807, 2.05) is 54.1 Å². The van der Waals surface area contributed by atoms with E-state index < -0.39 is 0 Å². The summed E-state index contributed by atoms with van der Waals surface area (Å²) in [5.74, 6) is 0. The number of hydrogen-bond acceptors (Lipinski definition) is 2. The Morgan fingerprint density at radius 2 is 1.42 bits per heavy atom. The van der Waals surface area contributed by atoms with Crippen molar-refractivity contribution in [1.82, 2.24) is 0 Å². The van der Waals surface area contributed by atoms with Crippen LogP contribution in [0.4, 0.5) is 5.69 Å². The van der Waals surface area contributed by atoms with Gasteiger partial charge in [-0.15, -0.1) is 17.7 Å². The van der Waals surface area contributed by atoms with Gasteiger partial charge >= 0.3 is 0 Å². The molecule has 0 atom stereocenters. The molecule has 3 nitrogen and oxygen atoms in total. The van der Waals surface area contributed by atoms with Crippen molar-refractivity contribution in [1.29, 1.82) is 0 Å². The SMILES string of the molecule is Cc1ccc2c(oc3c2ccc2c4ccccc4oc23)c1[C-]=[N+](C)c1[c-]cccc1.[Y]. The maximum Gasteiger partial charge on any atom is 0.177 e. The van der Waals surface area contributed by atoms with Gasteiger partial charge in [0, 0.05) is 54.6 Å². The molecular weight excluding hydrogens is 459 g/mol. The zero-order valence-corrected chi connectivity index (χ0v) is 20.1. The monoisotopic (exact) mass is 477 g/mol. The minimum Gasteiger partial charge on any atom is -0.496 e. The van der Waals surface area contributed by atoms with Crippen molar-refractivity contribution in [2.75, 3.05) is 7.05 Å². The van der Waals surface area contributed by atoms with Gasteiger partial charge < -0.3 is 8.83 Å². The van der Waals surface area contributed by atoms with Crippen LogP contribution in [0, 0.1) is 13.0 Å². The minimum absolute atomic E-state index is 0. The Hall–Kier alpha value is -2.75. The van der Waals surface area contributed by atoms with E-state index in [4.69, 9.17) is 8.83 Å². The predicted octanol–water partition coefficient (Wildman–Crippen LogP) is 6.86. The van der Waals surface area contributed by atoms with Crippen molar-refractivity contribution in [2.24, 2.45) is 0 Å². The number of nitrogens with zero attached hydrogens (tertiary/aromatic N) is 1. The van der Waals surface area contributed by atoms with Gasteiger partial charge in [-0.25, -0.2) is 0 Å². The molecule has 0 saturated heterocycles. The van der Waals surface area contributed by atoms with Gasteiger partial charge in [0.25, 0.3) is 0 Å². The van der Waals surface area contributed by atoms with Gasteiger partial charge in [-0.2, -0.15) is 24.3 Å². The first-order valence-electron chi connectivity index (χ1n) is 9.94. The van der Waals surface area contributed by atoms with Crippen LogP contribution in [0.15, 0.2) is 81.6 Å². The van der Waals surface area contributed by atoms with Crippen LogP contribution in [0.2, 0.25) is 0 Å². The summed E-state index contributed by atoms with van der Waals surface area (Å²) in [5, 5.41) is 4.28. The number of benzene rings is 4. The van der Waals surface area contributed by atoms with Crippen LogP contribution in [0.25, 0.3) is 43.9 Å². The number of fused-ring (bicyclic) bond motifs is 7. The van der Waals surface area contributed by atoms with Crippen LogP contribution < -0.4 is 0 Å². The molecule has 31 heavy (non-hydrogen) atoms. The topological polar surface area (TPSA) is 29.3 Å². The maximum atomic E-state index is 6.45. The van der Waals surface area contributed by atoms with Crippen LogP contribution in [0.5, 0.6) is 0 Å². The van der Waals surface area contributed by atoms with Gasteiger partial charge in [0.2, 0.25) is 0 Å². The molecule has 2 aromatic heterocycles. The maximum absolute atomic E-state index is 6.45. The number of furan rings is 2. The third-order valence-corrected chi connectivity index (χ3v) is 5.70. The summed E-state index contributed by atoms with van der Waals surface area (Å²) < 4.78 is 14.6. The van der Waals surface area contributed by atoms with Crippen molar-refractivity contribution < 1.29 is 46.1 Å². The summed E-state index contributed by atoms with van der Waals surface area (Å²) in [6.07, 6.45) is 3.48. The molecule has 6 rings (SSSR count). The molecule has 0 saturated carbocycles. The van der Waals surface area contributed by atoms with Gasteiger partial charge in [-0.1, -0.05) is 37.3 Å². The molecule has 0 N–H and O–H groups in total. The van der Waals surface area contributed by atoms with E-state index in [0.717, 1.165) is 60.7 Å². The third-order valence-electron chi connectivity index (χ3n) is 5.70. The Morgan fingerprint density at radius 1 is 0.742 bits per heavy atom. The average Bonchev–Trinajstić information content (AvgIpc) is 3.34. The van der Waals surface area contributed by atoms with E-state index in [9.17, 15) is 0 Å². The van der Waals surface area contributed by atoms with Crippen molar-refractivity contribution >= 4 is 55.8 Å². The smallest absolute Gasteiger partial charge is 0.177 e. The summed E-state index contributed by atoms with van der Waals surface area (Å²) in [4.78, 5) is 0. The van der Waals surface area contributed by atoms with E-state index in [1.54, 1.807) is 0 Å². The van der Waals surface area contributed by atoms with Gasteiger partial charge in [-0.05, 0) is 23.1 Å². The molecule has 0 bridgehead atoms. The fraction of sp³-hybridized carbons (Fsp3) is 0.0741. The largest absolute Gasteiger partial charge is 0.496 e. The van der Waals surface area contributed by atoms with Crippen LogP contribution in [-0.4, -0.2) is 17.8 Å². The molecule has 4 aromatic carbocycles. The normalized spacial score (nSPS) is 12.1. The zero-order chi connectivity index (χ0) is 20.2. The van der Waals surface area contributed by atoms with Gasteiger partial charge in [-0.3, -0.25) is 4.58 Å². The molecule has 0 fully saturated rings. The first-order chi connectivity index (χ1) is 14.7. The molecule has 6 aromatic rings. The molecule has 0 aliphatic rings. The molecular formula is C27H18NO2Y-. The minimum atomic E-state index is 0. The Balaban J connectivity index is 0.00000204. The second-order valence-corrected chi connectivity index (χ2v) is 7.57. The summed E-state index contributed by atoms with van der Waals surface area (Å²) in [6.45, 7) is 2.08. The van der Waals surface area contributed by atoms with E-state index >= 15 is 0 Å². The Bertz CT molecular complexity index is 1610. The Morgan fingerprint density at radius 3 is 2.23 bits per heavy atom. The van der Waals surface area contributed by atoms with Crippen molar-refractivity contribution in [3.05, 3.63) is 90.0 Å². The molecule has 147 valence electrons. The van der Waals surface area contributed by atoms with Crippen LogP contribution in [0.1, 0.15) is 11.1 Å². The number of rotatable bonds is 2. The van der Waals surface area contributed by atoms with Crippen LogP contribution in [-0.2, 0) is 32.7 Å². The Kier molecular flexibility index (Phi) is 5.04. The molecule has 0 amide bonds. The molecule has 2 heterocycles. The fourth-order valence-corrected chi connectivity index (χ4v) is 4.14. The van der Waals surface area contributed by atoms with Crippen molar-refractivity contribution in [3.8, 4) is 0 Å². The first-order valence-corrected chi connectivity index (χ1v) is 9.94. The summed E-state index contributed by atoms with van der Waals surface area (Å²) in [6, 6.07) is 27.7. The standard InChI is InChI=1S/C27H18NO2.Y/c1-17-12-13-21-22-15-14-20-19-10-6-7-11-24(19)29-26(20)27(22)30-25(21)23(17)16-28(2)18-8-4-3-5-9-18;/h3-8,10-15H,1-2H3;/q-1;. The third kappa shape index (κ3) is 3.15. The number of para-hydroxylation sites is 2. The second-order valence-electron chi connectivity index (χ2n) is 7.57. The molecule has 0 spiro atoms. The molecule has 1 radical (unpaired) electrons. The number of aryl methyl sites for hydroxylation is 1. The van der Waals surface area contributed by atoms with Gasteiger partial charge in [0.05, 0.1) is 5.58 Å². The quantitative estimate of drug-likeness (QED) is 0.155. The fourth-order valence-electron chi connectivity index (χ4n) is 4.14. The van der Waals surface area contributed by atoms with Crippen molar-refractivity contribution in [2.45, 2.75) is 6.92 Å².